The number of hydrogen-bond acceptors (Lipinski definition) is 3. The van der Waals surface area contributed by atoms with Gasteiger partial charge in [-0.15, -0.1) is 0 Å². The first-order chi connectivity index (χ1) is 9.08. The van der Waals surface area contributed by atoms with Gasteiger partial charge in [0.2, 0.25) is 5.91 Å². The van der Waals surface area contributed by atoms with Gasteiger partial charge in [0.05, 0.1) is 17.3 Å². The van der Waals surface area contributed by atoms with Gasteiger partial charge in [-0.2, -0.15) is 0 Å². The Morgan fingerprint density at radius 1 is 1.42 bits per heavy atom. The molecule has 0 aliphatic heterocycles. The van der Waals surface area contributed by atoms with E-state index in [-0.39, 0.29) is 5.91 Å². The lowest BCUT2D eigenvalue weighted by Crippen LogP contribution is -2.28. The van der Waals surface area contributed by atoms with Gasteiger partial charge in [-0.1, -0.05) is 17.7 Å². The van der Waals surface area contributed by atoms with Crippen molar-refractivity contribution in [3.8, 4) is 0 Å². The summed E-state index contributed by atoms with van der Waals surface area (Å²) in [5.41, 5.74) is 7.81. The van der Waals surface area contributed by atoms with E-state index in [0.29, 0.717) is 22.9 Å². The fraction of sp³-hybridized carbons (Fsp3) is 0.143. The molecule has 2 rings (SSSR count). The molecule has 0 radical (unpaired) electrons. The van der Waals surface area contributed by atoms with Crippen LogP contribution in [0.3, 0.4) is 0 Å². The fourth-order valence-electron chi connectivity index (χ4n) is 1.78. The van der Waals surface area contributed by atoms with Crippen molar-refractivity contribution >= 4 is 28.9 Å². The van der Waals surface area contributed by atoms with Crippen LogP contribution >= 0.6 is 11.6 Å². The van der Waals surface area contributed by atoms with Crippen molar-refractivity contribution in [2.45, 2.75) is 13.5 Å². The number of carbonyl (C=O) groups excluding carboxylic acids is 1. The quantitative estimate of drug-likeness (QED) is 0.876. The van der Waals surface area contributed by atoms with Crippen LogP contribution in [0.4, 0.5) is 11.4 Å². The Balaban J connectivity index is 2.33. The molecule has 0 saturated heterocycles. The second-order valence-corrected chi connectivity index (χ2v) is 4.58. The van der Waals surface area contributed by atoms with E-state index < -0.39 is 0 Å². The van der Waals surface area contributed by atoms with Crippen molar-refractivity contribution in [3.63, 3.8) is 0 Å². The van der Waals surface area contributed by atoms with Crippen molar-refractivity contribution in [1.82, 2.24) is 4.98 Å². The number of hydrogen-bond donors (Lipinski definition) is 1. The highest BCUT2D eigenvalue weighted by Crippen LogP contribution is 2.29. The van der Waals surface area contributed by atoms with Gasteiger partial charge in [0.15, 0.2) is 0 Å². The van der Waals surface area contributed by atoms with Gasteiger partial charge in [0, 0.05) is 25.0 Å². The zero-order valence-corrected chi connectivity index (χ0v) is 11.3. The third-order valence-corrected chi connectivity index (χ3v) is 3.01. The largest absolute Gasteiger partial charge is 0.399 e. The molecule has 0 bridgehead atoms. The van der Waals surface area contributed by atoms with Gasteiger partial charge < -0.3 is 10.6 Å². The van der Waals surface area contributed by atoms with Crippen LogP contribution in [0.1, 0.15) is 12.5 Å². The number of halogens is 1. The summed E-state index contributed by atoms with van der Waals surface area (Å²) >= 11 is 6.15. The average molecular weight is 276 g/mol. The molecule has 1 aromatic carbocycles. The Morgan fingerprint density at radius 3 is 2.79 bits per heavy atom. The van der Waals surface area contributed by atoms with Crippen molar-refractivity contribution in [2.75, 3.05) is 10.6 Å². The normalized spacial score (nSPS) is 10.2. The van der Waals surface area contributed by atoms with E-state index in [4.69, 9.17) is 17.3 Å². The highest BCUT2D eigenvalue weighted by molar-refractivity contribution is 6.34. The molecule has 0 saturated carbocycles. The van der Waals surface area contributed by atoms with Crippen LogP contribution in [0.2, 0.25) is 5.02 Å². The van der Waals surface area contributed by atoms with Crippen LogP contribution in [0.5, 0.6) is 0 Å². The first kappa shape index (κ1) is 13.4. The van der Waals surface area contributed by atoms with E-state index in [1.165, 1.54) is 6.92 Å². The molecule has 19 heavy (non-hydrogen) atoms. The maximum atomic E-state index is 11.8. The van der Waals surface area contributed by atoms with Gasteiger partial charge in [0.25, 0.3) is 0 Å². The Bertz CT molecular complexity index is 586. The van der Waals surface area contributed by atoms with E-state index in [9.17, 15) is 4.79 Å². The minimum absolute atomic E-state index is 0.0875. The van der Waals surface area contributed by atoms with Crippen LogP contribution in [0.25, 0.3) is 0 Å². The van der Waals surface area contributed by atoms with Crippen LogP contribution in [-0.4, -0.2) is 10.9 Å². The lowest BCUT2D eigenvalue weighted by Gasteiger charge is -2.22. The van der Waals surface area contributed by atoms with Gasteiger partial charge in [-0.05, 0) is 29.8 Å². The molecule has 98 valence electrons. The third-order valence-electron chi connectivity index (χ3n) is 2.71. The second-order valence-electron chi connectivity index (χ2n) is 4.18. The minimum atomic E-state index is -0.0875. The topological polar surface area (TPSA) is 59.2 Å². The predicted octanol–water partition coefficient (Wildman–Crippen LogP) is 2.87. The number of carbonyl (C=O) groups is 1. The van der Waals surface area contributed by atoms with Gasteiger partial charge in [0.1, 0.15) is 0 Å². The smallest absolute Gasteiger partial charge is 0.224 e. The van der Waals surface area contributed by atoms with E-state index in [0.717, 1.165) is 5.56 Å². The lowest BCUT2D eigenvalue weighted by molar-refractivity contribution is -0.116. The fourth-order valence-corrected chi connectivity index (χ4v) is 2.07. The number of nitrogens with two attached hydrogens (primary N) is 1. The molecule has 0 fully saturated rings. The molecule has 1 amide bonds. The summed E-state index contributed by atoms with van der Waals surface area (Å²) in [5.74, 6) is -0.0875. The highest BCUT2D eigenvalue weighted by atomic mass is 35.5. The van der Waals surface area contributed by atoms with Gasteiger partial charge in [-0.25, -0.2) is 0 Å². The maximum absolute atomic E-state index is 11.8. The van der Waals surface area contributed by atoms with Crippen LogP contribution in [0, 0.1) is 0 Å². The number of nitrogens with zero attached hydrogens (tertiary/aromatic N) is 2. The van der Waals surface area contributed by atoms with Crippen LogP contribution < -0.4 is 10.6 Å². The van der Waals surface area contributed by atoms with Crippen LogP contribution in [-0.2, 0) is 11.3 Å². The number of nitrogen functional groups attached to an aromatic ring is 1. The number of pyridine rings is 1. The molecular weight excluding hydrogens is 262 g/mol. The number of aromatic nitrogens is 1. The molecular formula is C14H14ClN3O. The summed E-state index contributed by atoms with van der Waals surface area (Å²) in [6, 6.07) is 8.85. The summed E-state index contributed by atoms with van der Waals surface area (Å²) in [4.78, 5) is 17.4. The van der Waals surface area contributed by atoms with Gasteiger partial charge in [-0.3, -0.25) is 9.78 Å². The molecule has 1 aromatic heterocycles. The third kappa shape index (κ3) is 3.23. The van der Waals surface area contributed by atoms with E-state index in [1.54, 1.807) is 35.5 Å². The molecule has 0 spiro atoms. The molecule has 2 aromatic rings. The predicted molar refractivity (Wildman–Crippen MR) is 77.0 cm³/mol. The van der Waals surface area contributed by atoms with Crippen molar-refractivity contribution < 1.29 is 4.79 Å². The average Bonchev–Trinajstić information content (AvgIpc) is 2.38. The standard InChI is InChI=1S/C14H14ClN3O/c1-10(19)18(9-11-3-2-6-17-8-11)14-5-4-12(16)7-13(14)15/h2-8H,9,16H2,1H3. The molecule has 4 nitrogen and oxygen atoms in total. The Labute approximate surface area is 116 Å². The number of amides is 1. The number of benzene rings is 1. The number of rotatable bonds is 3. The summed E-state index contributed by atoms with van der Waals surface area (Å²) < 4.78 is 0. The Hall–Kier alpha value is -2.07. The van der Waals surface area contributed by atoms with Crippen molar-refractivity contribution in [1.29, 1.82) is 0 Å². The SMILES string of the molecule is CC(=O)N(Cc1cccnc1)c1ccc(N)cc1Cl. The maximum Gasteiger partial charge on any atom is 0.224 e. The highest BCUT2D eigenvalue weighted by Gasteiger charge is 2.15. The molecule has 2 N–H and O–H groups in total. The summed E-state index contributed by atoms with van der Waals surface area (Å²) in [6.07, 6.45) is 3.42. The van der Waals surface area contributed by atoms with Crippen LogP contribution in [0.15, 0.2) is 42.7 Å². The Morgan fingerprint density at radius 2 is 2.21 bits per heavy atom. The lowest BCUT2D eigenvalue weighted by atomic mass is 10.2. The first-order valence-corrected chi connectivity index (χ1v) is 6.18. The van der Waals surface area contributed by atoms with Crippen molar-refractivity contribution in [3.05, 3.63) is 53.3 Å². The van der Waals surface area contributed by atoms with E-state index in [1.807, 2.05) is 12.1 Å². The zero-order valence-electron chi connectivity index (χ0n) is 10.5. The first-order valence-electron chi connectivity index (χ1n) is 5.80. The molecule has 0 aliphatic rings. The number of anilines is 2. The molecule has 0 atom stereocenters. The van der Waals surface area contributed by atoms with E-state index >= 15 is 0 Å². The van der Waals surface area contributed by atoms with Crippen molar-refractivity contribution in [2.24, 2.45) is 0 Å². The minimum Gasteiger partial charge on any atom is -0.399 e. The zero-order chi connectivity index (χ0) is 13.8. The summed E-state index contributed by atoms with van der Waals surface area (Å²) in [5, 5.41) is 0.457. The second kappa shape index (κ2) is 5.71. The molecule has 5 heteroatoms. The Kier molecular flexibility index (Phi) is 4.02. The molecule has 1 heterocycles. The molecule has 0 unspecified atom stereocenters. The van der Waals surface area contributed by atoms with Gasteiger partial charge >= 0.3 is 0 Å². The monoisotopic (exact) mass is 275 g/mol. The molecule has 0 aliphatic carbocycles. The summed E-state index contributed by atoms with van der Waals surface area (Å²) in [7, 11) is 0. The van der Waals surface area contributed by atoms with E-state index in [2.05, 4.69) is 4.98 Å². The summed E-state index contributed by atoms with van der Waals surface area (Å²) in [6.45, 7) is 1.93.